The summed E-state index contributed by atoms with van der Waals surface area (Å²) in [6, 6.07) is 11.2. The Hall–Kier alpha value is -2.49. The van der Waals surface area contributed by atoms with Crippen LogP contribution in [0.3, 0.4) is 0 Å². The summed E-state index contributed by atoms with van der Waals surface area (Å²) in [4.78, 5) is 28.3. The lowest BCUT2D eigenvalue weighted by molar-refractivity contribution is -0.142. The maximum atomic E-state index is 13.6. The van der Waals surface area contributed by atoms with Crippen molar-refractivity contribution in [3.63, 3.8) is 0 Å². The Morgan fingerprint density at radius 1 is 1.08 bits per heavy atom. The summed E-state index contributed by atoms with van der Waals surface area (Å²) < 4.78 is 32.2. The fourth-order valence-corrected chi connectivity index (χ4v) is 5.57. The molecule has 2 aromatic carbocycles. The van der Waals surface area contributed by atoms with Crippen molar-refractivity contribution in [3.8, 4) is 5.75 Å². The third-order valence-corrected chi connectivity index (χ3v) is 7.59. The molecule has 1 atom stereocenters. The van der Waals surface area contributed by atoms with Crippen molar-refractivity contribution < 1.29 is 22.7 Å². The summed E-state index contributed by atoms with van der Waals surface area (Å²) in [5, 5.41) is 3.82. The molecule has 11 heteroatoms. The number of carbonyl (C=O) groups excluding carboxylic acids is 2. The number of sulfonamides is 1. The molecule has 0 aliphatic carbocycles. The zero-order valence-corrected chi connectivity index (χ0v) is 25.8. The first kappa shape index (κ1) is 32.7. The molecule has 8 nitrogen and oxygen atoms in total. The highest BCUT2D eigenvalue weighted by atomic mass is 35.5. The number of carbonyl (C=O) groups is 2. The highest BCUT2D eigenvalue weighted by molar-refractivity contribution is 7.92. The molecule has 0 unspecified atom stereocenters. The van der Waals surface area contributed by atoms with Crippen molar-refractivity contribution in [3.05, 3.63) is 58.1 Å². The monoisotopic (exact) mass is 599 g/mol. The molecular weight excluding hydrogens is 561 g/mol. The van der Waals surface area contributed by atoms with E-state index in [1.54, 1.807) is 42.5 Å². The quantitative estimate of drug-likeness (QED) is 0.320. The Kier molecular flexibility index (Phi) is 11.9. The molecule has 0 saturated heterocycles. The van der Waals surface area contributed by atoms with E-state index in [0.717, 1.165) is 6.26 Å². The lowest BCUT2D eigenvalue weighted by Crippen LogP contribution is -2.53. The molecule has 0 fully saturated rings. The molecule has 0 radical (unpaired) electrons. The van der Waals surface area contributed by atoms with Crippen LogP contribution in [0.15, 0.2) is 42.5 Å². The number of hydrogen-bond donors (Lipinski definition) is 1. The SMILES string of the molecule is CCOc1ccccc1N(CCCC(=O)N(Cc1ccc(Cl)cc1Cl)[C@@H](CC)C(=O)NC(C)(C)C)S(C)(=O)=O. The fraction of sp³-hybridized carbons (Fsp3) is 0.500. The minimum Gasteiger partial charge on any atom is -0.492 e. The van der Waals surface area contributed by atoms with Crippen molar-refractivity contribution in [2.75, 3.05) is 23.7 Å². The van der Waals surface area contributed by atoms with Gasteiger partial charge in [-0.25, -0.2) is 8.42 Å². The molecule has 216 valence electrons. The molecule has 2 aromatic rings. The van der Waals surface area contributed by atoms with Crippen LogP contribution in [-0.2, 0) is 26.2 Å². The second-order valence-electron chi connectivity index (χ2n) is 10.3. The van der Waals surface area contributed by atoms with Crippen molar-refractivity contribution in [1.82, 2.24) is 10.2 Å². The van der Waals surface area contributed by atoms with E-state index in [4.69, 9.17) is 27.9 Å². The number of anilines is 1. The Bertz CT molecular complexity index is 1250. The van der Waals surface area contributed by atoms with E-state index in [2.05, 4.69) is 5.32 Å². The summed E-state index contributed by atoms with van der Waals surface area (Å²) in [5.74, 6) is -0.115. The first-order valence-corrected chi connectivity index (χ1v) is 15.5. The lowest BCUT2D eigenvalue weighted by Gasteiger charge is -2.33. The number of nitrogens with one attached hydrogen (secondary N) is 1. The fourth-order valence-electron chi connectivity index (χ4n) is 4.13. The number of para-hydroxylation sites is 2. The number of halogens is 2. The zero-order chi connectivity index (χ0) is 29.4. The molecule has 2 rings (SSSR count). The Balaban J connectivity index is 2.31. The maximum Gasteiger partial charge on any atom is 0.243 e. The largest absolute Gasteiger partial charge is 0.492 e. The Labute approximate surface area is 242 Å². The Morgan fingerprint density at radius 2 is 1.74 bits per heavy atom. The maximum absolute atomic E-state index is 13.6. The van der Waals surface area contributed by atoms with Crippen LogP contribution in [0.5, 0.6) is 5.75 Å². The minimum atomic E-state index is -3.66. The third-order valence-electron chi connectivity index (χ3n) is 5.83. The minimum absolute atomic E-state index is 0.0212. The molecule has 0 bridgehead atoms. The van der Waals surface area contributed by atoms with Gasteiger partial charge in [-0.2, -0.15) is 0 Å². The lowest BCUT2D eigenvalue weighted by atomic mass is 10.0. The number of ether oxygens (including phenoxy) is 1. The van der Waals surface area contributed by atoms with E-state index in [-0.39, 0.29) is 37.7 Å². The molecule has 0 aliphatic heterocycles. The molecule has 2 amide bonds. The summed E-state index contributed by atoms with van der Waals surface area (Å²) in [6.07, 6.45) is 1.76. The molecule has 0 aromatic heterocycles. The number of hydrogen-bond acceptors (Lipinski definition) is 5. The van der Waals surface area contributed by atoms with E-state index in [9.17, 15) is 18.0 Å². The van der Waals surface area contributed by atoms with E-state index in [1.807, 2.05) is 34.6 Å². The number of amides is 2. The molecule has 39 heavy (non-hydrogen) atoms. The number of rotatable bonds is 13. The Morgan fingerprint density at radius 3 is 2.31 bits per heavy atom. The normalized spacial score (nSPS) is 12.5. The molecule has 0 heterocycles. The summed E-state index contributed by atoms with van der Waals surface area (Å²) >= 11 is 12.5. The zero-order valence-electron chi connectivity index (χ0n) is 23.5. The van der Waals surface area contributed by atoms with Crippen molar-refractivity contribution in [2.24, 2.45) is 0 Å². The third kappa shape index (κ3) is 9.89. The standard InChI is InChI=1S/C28H39Cl2N3O5S/c1-7-23(27(35)31-28(3,4)5)32(19-20-15-16-21(29)18-22(20)30)26(34)14-11-17-33(39(6,36)37)24-12-9-10-13-25(24)38-8-2/h9-10,12-13,15-16,18,23H,7-8,11,14,17,19H2,1-6H3,(H,31,35)/t23-/m0/s1. The first-order chi connectivity index (χ1) is 18.2. The topological polar surface area (TPSA) is 96.0 Å². The van der Waals surface area contributed by atoms with Gasteiger partial charge >= 0.3 is 0 Å². The second kappa shape index (κ2) is 14.2. The van der Waals surface area contributed by atoms with Crippen molar-refractivity contribution in [2.45, 2.75) is 72.0 Å². The van der Waals surface area contributed by atoms with Crippen molar-refractivity contribution in [1.29, 1.82) is 0 Å². The van der Waals surface area contributed by atoms with Gasteiger partial charge in [-0.15, -0.1) is 0 Å². The molecule has 0 spiro atoms. The van der Waals surface area contributed by atoms with Gasteiger partial charge in [0.2, 0.25) is 21.8 Å². The number of nitrogens with zero attached hydrogens (tertiary/aromatic N) is 2. The van der Waals surface area contributed by atoms with Gasteiger partial charge in [-0.05, 0) is 70.4 Å². The van der Waals surface area contributed by atoms with Crippen molar-refractivity contribution >= 4 is 50.7 Å². The predicted molar refractivity (Wildman–Crippen MR) is 158 cm³/mol. The van der Waals surface area contributed by atoms with Crippen LogP contribution >= 0.6 is 23.2 Å². The van der Waals surface area contributed by atoms with E-state index < -0.39 is 21.6 Å². The highest BCUT2D eigenvalue weighted by Gasteiger charge is 2.31. The predicted octanol–water partition coefficient (Wildman–Crippen LogP) is 5.66. The highest BCUT2D eigenvalue weighted by Crippen LogP contribution is 2.30. The average Bonchev–Trinajstić information content (AvgIpc) is 2.82. The average molecular weight is 601 g/mol. The second-order valence-corrected chi connectivity index (χ2v) is 13.0. The van der Waals surface area contributed by atoms with Crippen LogP contribution in [0.1, 0.15) is 59.4 Å². The van der Waals surface area contributed by atoms with E-state index >= 15 is 0 Å². The van der Waals surface area contributed by atoms with E-state index in [0.29, 0.717) is 40.1 Å². The summed E-state index contributed by atoms with van der Waals surface area (Å²) in [5.41, 5.74) is 0.580. The van der Waals surface area contributed by atoms with Gasteiger partial charge in [-0.3, -0.25) is 13.9 Å². The van der Waals surface area contributed by atoms with Crippen LogP contribution in [0, 0.1) is 0 Å². The van der Waals surface area contributed by atoms with Gasteiger partial charge in [-0.1, -0.05) is 48.3 Å². The summed E-state index contributed by atoms with van der Waals surface area (Å²) in [7, 11) is -3.66. The van der Waals surface area contributed by atoms with Gasteiger partial charge in [0.25, 0.3) is 0 Å². The van der Waals surface area contributed by atoms with Crippen LogP contribution in [0.4, 0.5) is 5.69 Å². The molecule has 0 saturated carbocycles. The van der Waals surface area contributed by atoms with E-state index in [1.165, 1.54) is 9.21 Å². The number of benzene rings is 2. The van der Waals surface area contributed by atoms with Gasteiger partial charge in [0.1, 0.15) is 11.8 Å². The molecule has 0 aliphatic rings. The van der Waals surface area contributed by atoms with Gasteiger partial charge in [0.15, 0.2) is 0 Å². The van der Waals surface area contributed by atoms with Crippen LogP contribution in [-0.4, -0.2) is 56.1 Å². The van der Waals surface area contributed by atoms with Crippen LogP contribution in [0.25, 0.3) is 0 Å². The first-order valence-electron chi connectivity index (χ1n) is 12.9. The van der Waals surface area contributed by atoms with Gasteiger partial charge in [0, 0.05) is 35.1 Å². The van der Waals surface area contributed by atoms with Crippen LogP contribution in [0.2, 0.25) is 10.0 Å². The molecule has 1 N–H and O–H groups in total. The van der Waals surface area contributed by atoms with Gasteiger partial charge < -0.3 is 15.0 Å². The summed E-state index contributed by atoms with van der Waals surface area (Å²) in [6.45, 7) is 9.83. The van der Waals surface area contributed by atoms with Gasteiger partial charge in [0.05, 0.1) is 18.6 Å². The molecular formula is C28H39Cl2N3O5S. The van der Waals surface area contributed by atoms with Crippen LogP contribution < -0.4 is 14.4 Å². The smallest absolute Gasteiger partial charge is 0.243 e.